The molecule has 1 aliphatic heterocycles. The number of halogens is 2. The molecule has 164 valence electrons. The molecule has 3 heterocycles. The molecule has 3 aromatic rings. The molecule has 0 spiro atoms. The number of rotatable bonds is 4. The SMILES string of the molecule is Cc1ccc(NC(=O)C2(c3ccc4c(c3)OC(F)(F)O4)CC2)nc1-c1ccc(=O)[nH]c1O. The van der Waals surface area contributed by atoms with E-state index in [1.165, 1.54) is 24.3 Å². The number of nitrogens with one attached hydrogen (secondary N) is 2. The second-order valence-corrected chi connectivity index (χ2v) is 7.81. The Labute approximate surface area is 179 Å². The Hall–Kier alpha value is -3.95. The van der Waals surface area contributed by atoms with Crippen molar-refractivity contribution in [3.63, 3.8) is 0 Å². The van der Waals surface area contributed by atoms with Crippen LogP contribution in [0.1, 0.15) is 24.0 Å². The molecule has 0 radical (unpaired) electrons. The minimum absolute atomic E-state index is 0.0829. The van der Waals surface area contributed by atoms with Gasteiger partial charge in [0.25, 0.3) is 5.56 Å². The predicted octanol–water partition coefficient (Wildman–Crippen LogP) is 3.44. The van der Waals surface area contributed by atoms with Crippen LogP contribution < -0.4 is 20.3 Å². The second kappa shape index (κ2) is 6.78. The number of amides is 1. The number of anilines is 1. The van der Waals surface area contributed by atoms with Gasteiger partial charge < -0.3 is 19.9 Å². The van der Waals surface area contributed by atoms with Gasteiger partial charge in [0.2, 0.25) is 11.8 Å². The summed E-state index contributed by atoms with van der Waals surface area (Å²) >= 11 is 0. The zero-order chi connectivity index (χ0) is 22.7. The number of carbonyl (C=O) groups is 1. The Morgan fingerprint density at radius 2 is 1.88 bits per heavy atom. The normalized spacial score (nSPS) is 17.1. The lowest BCUT2D eigenvalue weighted by molar-refractivity contribution is -0.286. The van der Waals surface area contributed by atoms with Crippen LogP contribution in [0.25, 0.3) is 11.3 Å². The number of aromatic amines is 1. The smallest absolute Gasteiger partial charge is 0.494 e. The molecule has 0 bridgehead atoms. The molecule has 1 fully saturated rings. The van der Waals surface area contributed by atoms with Crippen molar-refractivity contribution in [2.45, 2.75) is 31.5 Å². The summed E-state index contributed by atoms with van der Waals surface area (Å²) in [5.74, 6) is -0.611. The van der Waals surface area contributed by atoms with E-state index in [4.69, 9.17) is 0 Å². The number of nitrogens with zero attached hydrogens (tertiary/aromatic N) is 1. The van der Waals surface area contributed by atoms with Crippen LogP contribution in [0, 0.1) is 6.92 Å². The number of hydrogen-bond donors (Lipinski definition) is 3. The summed E-state index contributed by atoms with van der Waals surface area (Å²) in [4.78, 5) is 31.2. The number of ether oxygens (including phenoxy) is 2. The number of fused-ring (bicyclic) bond motifs is 1. The first-order valence-corrected chi connectivity index (χ1v) is 9.79. The average molecular weight is 441 g/mol. The first kappa shape index (κ1) is 20.0. The quantitative estimate of drug-likeness (QED) is 0.572. The van der Waals surface area contributed by atoms with Crippen LogP contribution in [-0.4, -0.2) is 27.3 Å². The number of benzene rings is 1. The molecule has 0 atom stereocenters. The van der Waals surface area contributed by atoms with Gasteiger partial charge in [-0.3, -0.25) is 14.6 Å². The molecule has 8 nitrogen and oxygen atoms in total. The molecule has 2 aliphatic rings. The van der Waals surface area contributed by atoms with Crippen molar-refractivity contribution in [3.05, 3.63) is 63.9 Å². The third kappa shape index (κ3) is 3.33. The lowest BCUT2D eigenvalue weighted by atomic mass is 9.94. The van der Waals surface area contributed by atoms with Gasteiger partial charge in [-0.05, 0) is 55.2 Å². The number of alkyl halides is 2. The molecular weight excluding hydrogens is 424 g/mol. The third-order valence-corrected chi connectivity index (χ3v) is 5.63. The van der Waals surface area contributed by atoms with Crippen molar-refractivity contribution in [2.24, 2.45) is 0 Å². The first-order valence-electron chi connectivity index (χ1n) is 9.79. The minimum Gasteiger partial charge on any atom is -0.494 e. The highest BCUT2D eigenvalue weighted by Gasteiger charge is 2.53. The van der Waals surface area contributed by atoms with E-state index in [2.05, 4.69) is 24.8 Å². The number of aromatic hydroxyl groups is 1. The van der Waals surface area contributed by atoms with Gasteiger partial charge >= 0.3 is 6.29 Å². The van der Waals surface area contributed by atoms with Crippen LogP contribution in [0.15, 0.2) is 47.3 Å². The Morgan fingerprint density at radius 1 is 1.12 bits per heavy atom. The van der Waals surface area contributed by atoms with Crippen molar-refractivity contribution in [1.29, 1.82) is 0 Å². The number of aryl methyl sites for hydroxylation is 1. The van der Waals surface area contributed by atoms with Crippen molar-refractivity contribution >= 4 is 11.7 Å². The Morgan fingerprint density at radius 3 is 2.59 bits per heavy atom. The fraction of sp³-hybridized carbons (Fsp3) is 0.227. The highest BCUT2D eigenvalue weighted by Crippen LogP contribution is 2.52. The Bertz CT molecular complexity index is 1320. The standard InChI is InChI=1S/C22H17F2N3O5/c1-11-2-6-16(25-18(11)13-4-7-17(28)27-19(13)29)26-20(30)21(8-9-21)12-3-5-14-15(10-12)32-22(23,24)31-14/h2-7,10H,8-9H2,1H3,(H,25,26,30)(H2,27,28,29). The zero-order valence-corrected chi connectivity index (χ0v) is 16.7. The van der Waals surface area contributed by atoms with Crippen LogP contribution in [0.4, 0.5) is 14.6 Å². The van der Waals surface area contributed by atoms with Crippen molar-refractivity contribution in [1.82, 2.24) is 9.97 Å². The van der Waals surface area contributed by atoms with Crippen molar-refractivity contribution in [3.8, 4) is 28.6 Å². The molecule has 2 aromatic heterocycles. The van der Waals surface area contributed by atoms with Crippen LogP contribution in [0.2, 0.25) is 0 Å². The maximum Gasteiger partial charge on any atom is 0.586 e. The van der Waals surface area contributed by atoms with Gasteiger partial charge in [-0.2, -0.15) is 0 Å². The van der Waals surface area contributed by atoms with Gasteiger partial charge in [0.1, 0.15) is 5.82 Å². The highest BCUT2D eigenvalue weighted by molar-refractivity contribution is 6.01. The van der Waals surface area contributed by atoms with Crippen molar-refractivity contribution in [2.75, 3.05) is 5.32 Å². The number of carbonyl (C=O) groups excluding carboxylic acids is 1. The Kier molecular flexibility index (Phi) is 4.23. The van der Waals surface area contributed by atoms with E-state index in [0.717, 1.165) is 5.56 Å². The van der Waals surface area contributed by atoms with Gasteiger partial charge in [0, 0.05) is 6.07 Å². The van der Waals surface area contributed by atoms with E-state index in [0.29, 0.717) is 29.7 Å². The molecular formula is C22H17F2N3O5. The number of hydrogen-bond acceptors (Lipinski definition) is 6. The third-order valence-electron chi connectivity index (χ3n) is 5.63. The lowest BCUT2D eigenvalue weighted by Crippen LogP contribution is -2.28. The number of H-pyrrole nitrogens is 1. The van der Waals surface area contributed by atoms with Gasteiger partial charge in [0.15, 0.2) is 11.5 Å². The fourth-order valence-electron chi connectivity index (χ4n) is 3.78. The summed E-state index contributed by atoms with van der Waals surface area (Å²) in [5.41, 5.74) is 0.639. The van der Waals surface area contributed by atoms with Crippen LogP contribution in [0.3, 0.4) is 0 Å². The lowest BCUT2D eigenvalue weighted by Gasteiger charge is -2.17. The first-order chi connectivity index (χ1) is 15.2. The van der Waals surface area contributed by atoms with E-state index in [9.17, 15) is 23.5 Å². The zero-order valence-electron chi connectivity index (χ0n) is 16.7. The monoisotopic (exact) mass is 441 g/mol. The molecule has 0 saturated heterocycles. The number of aromatic nitrogens is 2. The topological polar surface area (TPSA) is 114 Å². The second-order valence-electron chi connectivity index (χ2n) is 7.81. The summed E-state index contributed by atoms with van der Waals surface area (Å²) in [6.07, 6.45) is -2.65. The van der Waals surface area contributed by atoms with Crippen LogP contribution in [-0.2, 0) is 10.2 Å². The summed E-state index contributed by atoms with van der Waals surface area (Å²) in [5, 5.41) is 12.9. The maximum atomic E-state index is 13.3. The maximum absolute atomic E-state index is 13.3. The molecule has 1 aliphatic carbocycles. The molecule has 5 rings (SSSR count). The summed E-state index contributed by atoms with van der Waals surface area (Å²) in [6.45, 7) is 1.78. The van der Waals surface area contributed by atoms with Crippen molar-refractivity contribution < 1.29 is 28.2 Å². The van der Waals surface area contributed by atoms with Gasteiger partial charge in [-0.1, -0.05) is 12.1 Å². The van der Waals surface area contributed by atoms with E-state index in [-0.39, 0.29) is 29.1 Å². The summed E-state index contributed by atoms with van der Waals surface area (Å²) in [7, 11) is 0. The summed E-state index contributed by atoms with van der Waals surface area (Å²) < 4.78 is 35.6. The predicted molar refractivity (Wildman–Crippen MR) is 109 cm³/mol. The van der Waals surface area contributed by atoms with E-state index >= 15 is 0 Å². The largest absolute Gasteiger partial charge is 0.586 e. The highest BCUT2D eigenvalue weighted by atomic mass is 19.3. The van der Waals surface area contributed by atoms with Gasteiger partial charge in [-0.15, -0.1) is 8.78 Å². The average Bonchev–Trinajstić information content (AvgIpc) is 3.47. The van der Waals surface area contributed by atoms with Gasteiger partial charge in [-0.25, -0.2) is 4.98 Å². The molecule has 1 aromatic carbocycles. The minimum atomic E-state index is -3.73. The molecule has 0 unspecified atom stereocenters. The molecule has 32 heavy (non-hydrogen) atoms. The van der Waals surface area contributed by atoms with Crippen LogP contribution in [0.5, 0.6) is 17.4 Å². The van der Waals surface area contributed by atoms with E-state index in [1.807, 2.05) is 0 Å². The molecule has 3 N–H and O–H groups in total. The Balaban J connectivity index is 1.42. The van der Waals surface area contributed by atoms with Crippen LogP contribution >= 0.6 is 0 Å². The molecule has 1 saturated carbocycles. The summed E-state index contributed by atoms with van der Waals surface area (Å²) in [6, 6.07) is 10.4. The fourth-order valence-corrected chi connectivity index (χ4v) is 3.78. The van der Waals surface area contributed by atoms with Gasteiger partial charge in [0.05, 0.1) is 16.7 Å². The molecule has 10 heteroatoms. The molecule has 1 amide bonds. The van der Waals surface area contributed by atoms with E-state index in [1.54, 1.807) is 25.1 Å². The number of pyridine rings is 2. The van der Waals surface area contributed by atoms with E-state index < -0.39 is 17.3 Å².